The summed E-state index contributed by atoms with van der Waals surface area (Å²) in [6.45, 7) is 1.88. The van der Waals surface area contributed by atoms with Crippen LogP contribution in [0.5, 0.6) is 0 Å². The van der Waals surface area contributed by atoms with E-state index in [2.05, 4.69) is 0 Å². The number of hydrogen-bond donors (Lipinski definition) is 1. The number of nitriles is 2. The normalized spacial score (nSPS) is 22.1. The maximum absolute atomic E-state index is 8.76. The molecule has 3 nitrogen and oxygen atoms in total. The summed E-state index contributed by atoms with van der Waals surface area (Å²) >= 11 is 0. The Morgan fingerprint density at radius 1 is 1.38 bits per heavy atom. The van der Waals surface area contributed by atoms with Gasteiger partial charge in [-0.15, -0.1) is 0 Å². The van der Waals surface area contributed by atoms with Crippen LogP contribution in [0.15, 0.2) is 23.3 Å². The first kappa shape index (κ1) is 9.22. The lowest BCUT2D eigenvalue weighted by Crippen LogP contribution is -2.05. The van der Waals surface area contributed by atoms with Crippen molar-refractivity contribution in [2.45, 2.75) is 13.3 Å². The van der Waals surface area contributed by atoms with Crippen LogP contribution < -0.4 is 0 Å². The van der Waals surface area contributed by atoms with Crippen LogP contribution in [0.2, 0.25) is 0 Å². The van der Waals surface area contributed by atoms with Gasteiger partial charge in [-0.2, -0.15) is 10.5 Å². The first-order valence-corrected chi connectivity index (χ1v) is 3.99. The fourth-order valence-electron chi connectivity index (χ4n) is 1.17. The van der Waals surface area contributed by atoms with E-state index in [4.69, 9.17) is 15.9 Å². The van der Waals surface area contributed by atoms with Crippen molar-refractivity contribution in [3.05, 3.63) is 23.3 Å². The van der Waals surface area contributed by atoms with E-state index in [0.717, 1.165) is 0 Å². The third-order valence-corrected chi connectivity index (χ3v) is 2.05. The summed E-state index contributed by atoms with van der Waals surface area (Å²) in [7, 11) is 0. The van der Waals surface area contributed by atoms with Gasteiger partial charge >= 0.3 is 0 Å². The number of allylic oxidation sites excluding steroid dienone is 4. The Balaban J connectivity index is 3.13. The summed E-state index contributed by atoms with van der Waals surface area (Å²) in [6, 6.07) is 3.96. The highest BCUT2D eigenvalue weighted by molar-refractivity contribution is 5.95. The standard InChI is InChI=1S/C10H9N3/c1-7-4-9(6-12)8(5-11)2-3-10(7)13/h2-3,7,13H,4H2,1H3. The minimum Gasteiger partial charge on any atom is -0.305 e. The molecule has 0 aromatic rings. The molecule has 64 valence electrons. The molecular weight excluding hydrogens is 162 g/mol. The second kappa shape index (κ2) is 3.69. The van der Waals surface area contributed by atoms with Gasteiger partial charge in [0, 0.05) is 17.2 Å². The van der Waals surface area contributed by atoms with Gasteiger partial charge in [-0.1, -0.05) is 6.92 Å². The van der Waals surface area contributed by atoms with Gasteiger partial charge in [0.2, 0.25) is 0 Å². The van der Waals surface area contributed by atoms with Crippen molar-refractivity contribution in [2.75, 3.05) is 0 Å². The Kier molecular flexibility index (Phi) is 2.62. The molecule has 1 rings (SSSR count). The van der Waals surface area contributed by atoms with Crippen molar-refractivity contribution in [3.8, 4) is 12.1 Å². The van der Waals surface area contributed by atoms with Gasteiger partial charge in [0.05, 0.1) is 11.6 Å². The van der Waals surface area contributed by atoms with Gasteiger partial charge in [-0.25, -0.2) is 0 Å². The first-order valence-electron chi connectivity index (χ1n) is 3.99. The van der Waals surface area contributed by atoms with E-state index in [1.807, 2.05) is 19.1 Å². The van der Waals surface area contributed by atoms with Gasteiger partial charge in [-0.3, -0.25) is 0 Å². The number of hydrogen-bond acceptors (Lipinski definition) is 3. The molecule has 1 aliphatic carbocycles. The van der Waals surface area contributed by atoms with Crippen LogP contribution in [0.4, 0.5) is 0 Å². The molecule has 0 bridgehead atoms. The van der Waals surface area contributed by atoms with Gasteiger partial charge in [0.25, 0.3) is 0 Å². The quantitative estimate of drug-likeness (QED) is 0.605. The van der Waals surface area contributed by atoms with E-state index in [0.29, 0.717) is 23.3 Å². The van der Waals surface area contributed by atoms with E-state index in [1.165, 1.54) is 0 Å². The van der Waals surface area contributed by atoms with E-state index in [-0.39, 0.29) is 5.92 Å². The Hall–Kier alpha value is -1.87. The maximum atomic E-state index is 8.76. The zero-order valence-electron chi connectivity index (χ0n) is 7.33. The van der Waals surface area contributed by atoms with Gasteiger partial charge in [0.1, 0.15) is 6.07 Å². The van der Waals surface area contributed by atoms with Crippen molar-refractivity contribution >= 4 is 5.71 Å². The lowest BCUT2D eigenvalue weighted by atomic mass is 9.98. The number of nitrogens with one attached hydrogen (secondary N) is 1. The first-order chi connectivity index (χ1) is 6.19. The molecule has 0 radical (unpaired) electrons. The van der Waals surface area contributed by atoms with Crippen molar-refractivity contribution < 1.29 is 0 Å². The predicted octanol–water partition coefficient (Wildman–Crippen LogP) is 1.95. The molecule has 0 aromatic heterocycles. The van der Waals surface area contributed by atoms with Crippen LogP contribution in [0.1, 0.15) is 13.3 Å². The Morgan fingerprint density at radius 3 is 2.62 bits per heavy atom. The predicted molar refractivity (Wildman–Crippen MR) is 48.9 cm³/mol. The highest BCUT2D eigenvalue weighted by Gasteiger charge is 2.15. The zero-order valence-corrected chi connectivity index (χ0v) is 7.33. The fourth-order valence-corrected chi connectivity index (χ4v) is 1.17. The van der Waals surface area contributed by atoms with Gasteiger partial charge < -0.3 is 5.41 Å². The van der Waals surface area contributed by atoms with E-state index in [1.54, 1.807) is 12.2 Å². The molecular formula is C10H9N3. The molecule has 3 heteroatoms. The Morgan fingerprint density at radius 2 is 2.08 bits per heavy atom. The smallest absolute Gasteiger partial charge is 0.100 e. The Bertz CT molecular complexity index is 374. The summed E-state index contributed by atoms with van der Waals surface area (Å²) in [5.74, 6) is 0.0248. The van der Waals surface area contributed by atoms with E-state index < -0.39 is 0 Å². The molecule has 0 aliphatic heterocycles. The molecule has 1 aliphatic rings. The summed E-state index contributed by atoms with van der Waals surface area (Å²) in [4.78, 5) is 0. The highest BCUT2D eigenvalue weighted by atomic mass is 14.4. The van der Waals surface area contributed by atoms with Crippen molar-refractivity contribution in [1.29, 1.82) is 15.9 Å². The Labute approximate surface area is 77.1 Å². The second-order valence-electron chi connectivity index (χ2n) is 3.01. The lowest BCUT2D eigenvalue weighted by molar-refractivity contribution is 0.772. The molecule has 0 spiro atoms. The average Bonchev–Trinajstić information content (AvgIpc) is 2.27. The van der Waals surface area contributed by atoms with Crippen molar-refractivity contribution in [1.82, 2.24) is 0 Å². The van der Waals surface area contributed by atoms with Gasteiger partial charge in [0.15, 0.2) is 0 Å². The van der Waals surface area contributed by atoms with E-state index >= 15 is 0 Å². The average molecular weight is 171 g/mol. The molecule has 13 heavy (non-hydrogen) atoms. The molecule has 0 saturated heterocycles. The molecule has 1 atom stereocenters. The fraction of sp³-hybridized carbons (Fsp3) is 0.300. The van der Waals surface area contributed by atoms with Crippen LogP contribution >= 0.6 is 0 Å². The molecule has 0 heterocycles. The van der Waals surface area contributed by atoms with Crippen LogP contribution in [0.3, 0.4) is 0 Å². The molecule has 0 fully saturated rings. The van der Waals surface area contributed by atoms with E-state index in [9.17, 15) is 0 Å². The summed E-state index contributed by atoms with van der Waals surface area (Å²) in [6.07, 6.45) is 3.63. The van der Waals surface area contributed by atoms with Crippen LogP contribution in [-0.4, -0.2) is 5.71 Å². The molecule has 0 saturated carbocycles. The van der Waals surface area contributed by atoms with Crippen LogP contribution in [0, 0.1) is 34.0 Å². The second-order valence-corrected chi connectivity index (χ2v) is 3.01. The van der Waals surface area contributed by atoms with Crippen LogP contribution in [-0.2, 0) is 0 Å². The van der Waals surface area contributed by atoms with Gasteiger partial charge in [-0.05, 0) is 18.6 Å². The third kappa shape index (κ3) is 1.83. The third-order valence-electron chi connectivity index (χ3n) is 2.05. The topological polar surface area (TPSA) is 71.4 Å². The van der Waals surface area contributed by atoms with Crippen LogP contribution in [0.25, 0.3) is 0 Å². The highest BCUT2D eigenvalue weighted by Crippen LogP contribution is 2.20. The SMILES string of the molecule is CC1CC(C#N)=C(C#N)C=CC1=N. The molecule has 0 amide bonds. The molecule has 1 N–H and O–H groups in total. The largest absolute Gasteiger partial charge is 0.305 e. The summed E-state index contributed by atoms with van der Waals surface area (Å²) < 4.78 is 0. The lowest BCUT2D eigenvalue weighted by Gasteiger charge is -2.05. The molecule has 1 unspecified atom stereocenters. The monoisotopic (exact) mass is 171 g/mol. The number of nitrogens with zero attached hydrogens (tertiary/aromatic N) is 2. The summed E-state index contributed by atoms with van der Waals surface area (Å²) in [5, 5.41) is 25.0. The maximum Gasteiger partial charge on any atom is 0.100 e. The zero-order chi connectivity index (χ0) is 9.84. The van der Waals surface area contributed by atoms with Crippen molar-refractivity contribution in [2.24, 2.45) is 5.92 Å². The summed E-state index contributed by atoms with van der Waals surface area (Å²) in [5.41, 5.74) is 1.34. The number of rotatable bonds is 0. The minimum absolute atomic E-state index is 0.0248. The molecule has 0 aromatic carbocycles. The minimum atomic E-state index is 0.0248. The van der Waals surface area contributed by atoms with Crippen molar-refractivity contribution in [3.63, 3.8) is 0 Å².